The van der Waals surface area contributed by atoms with E-state index < -0.39 is 0 Å². The standard InChI is InChI=1S/C26H29N3O2/c1-18-8-9-20(16-23(18)19-10-12-22(31-2)13-11-19)26(30)29-24-7-5-15-28-25(24)21-6-3-4-14-27-17-21/h5,7-13,15-16,21,27H,3-4,6,14,17H2,1-2H3,(H,29,30). The van der Waals surface area contributed by atoms with Crippen molar-refractivity contribution in [1.82, 2.24) is 10.3 Å². The van der Waals surface area contributed by atoms with Gasteiger partial charge in [0, 0.05) is 24.2 Å². The molecule has 1 fully saturated rings. The molecule has 0 radical (unpaired) electrons. The van der Waals surface area contributed by atoms with Gasteiger partial charge in [-0.1, -0.05) is 24.6 Å². The second-order valence-electron chi connectivity index (χ2n) is 8.05. The monoisotopic (exact) mass is 415 g/mol. The molecule has 3 aromatic rings. The van der Waals surface area contributed by atoms with Crippen LogP contribution in [-0.2, 0) is 0 Å². The van der Waals surface area contributed by atoms with Crippen LogP contribution >= 0.6 is 0 Å². The smallest absolute Gasteiger partial charge is 0.255 e. The molecule has 1 atom stereocenters. The summed E-state index contributed by atoms with van der Waals surface area (Å²) in [7, 11) is 1.66. The molecule has 160 valence electrons. The fourth-order valence-corrected chi connectivity index (χ4v) is 4.14. The van der Waals surface area contributed by atoms with Gasteiger partial charge in [0.2, 0.25) is 0 Å². The Bertz CT molecular complexity index is 1040. The highest BCUT2D eigenvalue weighted by molar-refractivity contribution is 6.05. The summed E-state index contributed by atoms with van der Waals surface area (Å²) in [6.07, 6.45) is 5.25. The summed E-state index contributed by atoms with van der Waals surface area (Å²) in [5.41, 5.74) is 5.60. The number of carbonyl (C=O) groups is 1. The summed E-state index contributed by atoms with van der Waals surface area (Å²) in [4.78, 5) is 17.8. The second kappa shape index (κ2) is 9.75. The zero-order valence-corrected chi connectivity index (χ0v) is 18.2. The molecule has 5 nitrogen and oxygen atoms in total. The molecule has 0 saturated carbocycles. The second-order valence-corrected chi connectivity index (χ2v) is 8.05. The van der Waals surface area contributed by atoms with Crippen molar-refractivity contribution in [1.29, 1.82) is 0 Å². The van der Waals surface area contributed by atoms with Crippen molar-refractivity contribution < 1.29 is 9.53 Å². The third-order valence-electron chi connectivity index (χ3n) is 5.92. The summed E-state index contributed by atoms with van der Waals surface area (Å²) < 4.78 is 5.26. The molecule has 1 amide bonds. The van der Waals surface area contributed by atoms with Crippen LogP contribution in [0.5, 0.6) is 5.75 Å². The minimum Gasteiger partial charge on any atom is -0.497 e. The highest BCUT2D eigenvalue weighted by Crippen LogP contribution is 2.29. The summed E-state index contributed by atoms with van der Waals surface area (Å²) in [6.45, 7) is 3.99. The Labute approximate surface area is 183 Å². The van der Waals surface area contributed by atoms with E-state index in [1.165, 1.54) is 12.8 Å². The fraction of sp³-hybridized carbons (Fsp3) is 0.308. The van der Waals surface area contributed by atoms with Crippen LogP contribution in [0.15, 0.2) is 60.8 Å². The molecular formula is C26H29N3O2. The van der Waals surface area contributed by atoms with Gasteiger partial charge in [-0.25, -0.2) is 0 Å². The number of rotatable bonds is 5. The number of carbonyl (C=O) groups excluding carboxylic acids is 1. The number of amides is 1. The Morgan fingerprint density at radius 3 is 2.77 bits per heavy atom. The lowest BCUT2D eigenvalue weighted by Crippen LogP contribution is -2.22. The largest absolute Gasteiger partial charge is 0.497 e. The van der Waals surface area contributed by atoms with Crippen LogP contribution in [0.4, 0.5) is 5.69 Å². The average molecular weight is 416 g/mol. The molecule has 1 saturated heterocycles. The van der Waals surface area contributed by atoms with Crippen LogP contribution in [0.2, 0.25) is 0 Å². The minimum atomic E-state index is -0.120. The van der Waals surface area contributed by atoms with Gasteiger partial charge in [-0.05, 0) is 79.4 Å². The van der Waals surface area contributed by atoms with Crippen LogP contribution in [0.1, 0.15) is 46.8 Å². The molecular weight excluding hydrogens is 386 g/mol. The number of ether oxygens (including phenoxy) is 1. The summed E-state index contributed by atoms with van der Waals surface area (Å²) in [6, 6.07) is 17.5. The first-order valence-electron chi connectivity index (χ1n) is 10.9. The van der Waals surface area contributed by atoms with Crippen molar-refractivity contribution in [3.8, 4) is 16.9 Å². The Kier molecular flexibility index (Phi) is 6.63. The lowest BCUT2D eigenvalue weighted by Gasteiger charge is -2.18. The topological polar surface area (TPSA) is 63.2 Å². The highest BCUT2D eigenvalue weighted by Gasteiger charge is 2.20. The Hall–Kier alpha value is -3.18. The third kappa shape index (κ3) is 4.94. The van der Waals surface area contributed by atoms with E-state index in [-0.39, 0.29) is 5.91 Å². The van der Waals surface area contributed by atoms with Gasteiger partial charge in [-0.15, -0.1) is 0 Å². The van der Waals surface area contributed by atoms with Gasteiger partial charge in [-0.3, -0.25) is 9.78 Å². The molecule has 1 aliphatic rings. The number of aryl methyl sites for hydroxylation is 1. The first-order chi connectivity index (χ1) is 15.2. The van der Waals surface area contributed by atoms with Crippen molar-refractivity contribution in [3.63, 3.8) is 0 Å². The van der Waals surface area contributed by atoms with Crippen LogP contribution in [-0.4, -0.2) is 31.1 Å². The molecule has 0 spiro atoms. The van der Waals surface area contributed by atoms with Gasteiger partial charge in [0.15, 0.2) is 0 Å². The third-order valence-corrected chi connectivity index (χ3v) is 5.92. The van der Waals surface area contributed by atoms with Crippen LogP contribution in [0.25, 0.3) is 11.1 Å². The van der Waals surface area contributed by atoms with Crippen molar-refractivity contribution in [3.05, 3.63) is 77.6 Å². The number of pyridine rings is 1. The van der Waals surface area contributed by atoms with Gasteiger partial charge < -0.3 is 15.4 Å². The molecule has 1 unspecified atom stereocenters. The summed E-state index contributed by atoms with van der Waals surface area (Å²) in [5.74, 6) is 1.00. The first-order valence-corrected chi connectivity index (χ1v) is 10.9. The number of hydrogen-bond donors (Lipinski definition) is 2. The molecule has 2 heterocycles. The van der Waals surface area contributed by atoms with Crippen molar-refractivity contribution in [2.45, 2.75) is 32.1 Å². The summed E-state index contributed by atoms with van der Waals surface area (Å²) >= 11 is 0. The number of aromatic nitrogens is 1. The van der Waals surface area contributed by atoms with Gasteiger partial charge >= 0.3 is 0 Å². The predicted molar refractivity (Wildman–Crippen MR) is 125 cm³/mol. The van der Waals surface area contributed by atoms with Crippen LogP contribution in [0.3, 0.4) is 0 Å². The zero-order chi connectivity index (χ0) is 21.6. The van der Waals surface area contributed by atoms with Crippen molar-refractivity contribution in [2.75, 3.05) is 25.5 Å². The van der Waals surface area contributed by atoms with E-state index in [0.717, 1.165) is 53.3 Å². The molecule has 5 heteroatoms. The maximum atomic E-state index is 13.1. The number of hydrogen-bond acceptors (Lipinski definition) is 4. The lowest BCUT2D eigenvalue weighted by atomic mass is 9.96. The minimum absolute atomic E-state index is 0.120. The van der Waals surface area contributed by atoms with E-state index in [9.17, 15) is 4.79 Å². The van der Waals surface area contributed by atoms with Gasteiger partial charge in [0.1, 0.15) is 5.75 Å². The highest BCUT2D eigenvalue weighted by atomic mass is 16.5. The number of nitrogens with zero attached hydrogens (tertiary/aromatic N) is 1. The summed E-state index contributed by atoms with van der Waals surface area (Å²) in [5, 5.41) is 6.60. The number of nitrogens with one attached hydrogen (secondary N) is 2. The van der Waals surface area contributed by atoms with E-state index in [0.29, 0.717) is 11.5 Å². The van der Waals surface area contributed by atoms with Crippen molar-refractivity contribution >= 4 is 11.6 Å². The Morgan fingerprint density at radius 2 is 1.97 bits per heavy atom. The quantitative estimate of drug-likeness (QED) is 0.603. The Balaban J connectivity index is 1.58. The first kappa shape index (κ1) is 21.1. The maximum Gasteiger partial charge on any atom is 0.255 e. The lowest BCUT2D eigenvalue weighted by molar-refractivity contribution is 0.102. The number of anilines is 1. The molecule has 1 aromatic heterocycles. The van der Waals surface area contributed by atoms with E-state index in [1.54, 1.807) is 7.11 Å². The molecule has 0 aliphatic carbocycles. The zero-order valence-electron chi connectivity index (χ0n) is 18.2. The van der Waals surface area contributed by atoms with E-state index >= 15 is 0 Å². The van der Waals surface area contributed by atoms with E-state index in [1.807, 2.05) is 60.8 Å². The van der Waals surface area contributed by atoms with Gasteiger partial charge in [0.05, 0.1) is 18.5 Å². The molecule has 1 aliphatic heterocycles. The SMILES string of the molecule is COc1ccc(-c2cc(C(=O)Nc3cccnc3C3CCCCNC3)ccc2C)cc1. The molecule has 31 heavy (non-hydrogen) atoms. The number of benzene rings is 2. The van der Waals surface area contributed by atoms with Gasteiger partial charge in [0.25, 0.3) is 5.91 Å². The Morgan fingerprint density at radius 1 is 1.13 bits per heavy atom. The van der Waals surface area contributed by atoms with Gasteiger partial charge in [-0.2, -0.15) is 0 Å². The van der Waals surface area contributed by atoms with Crippen LogP contribution in [0, 0.1) is 6.92 Å². The molecule has 4 rings (SSSR count). The normalized spacial score (nSPS) is 16.4. The fourth-order valence-electron chi connectivity index (χ4n) is 4.14. The maximum absolute atomic E-state index is 13.1. The molecule has 0 bridgehead atoms. The van der Waals surface area contributed by atoms with Crippen molar-refractivity contribution in [2.24, 2.45) is 0 Å². The average Bonchev–Trinajstić information content (AvgIpc) is 3.09. The molecule has 2 N–H and O–H groups in total. The predicted octanol–water partition coefficient (Wildman–Crippen LogP) is 5.18. The van der Waals surface area contributed by atoms with E-state index in [2.05, 4.69) is 22.5 Å². The van der Waals surface area contributed by atoms with E-state index in [4.69, 9.17) is 4.74 Å². The van der Waals surface area contributed by atoms with Crippen LogP contribution < -0.4 is 15.4 Å². The number of methoxy groups -OCH3 is 1. The molecule has 2 aromatic carbocycles.